The number of halogens is 3. The predicted molar refractivity (Wildman–Crippen MR) is 56.3 cm³/mol. The maximum absolute atomic E-state index is 12.2. The van der Waals surface area contributed by atoms with Crippen LogP contribution in [-0.4, -0.2) is 10.8 Å². The van der Waals surface area contributed by atoms with Gasteiger partial charge in [-0.05, 0) is 19.1 Å². The Balaban J connectivity index is 2.73. The number of rotatable bonds is 3. The highest BCUT2D eigenvalue weighted by Gasteiger charge is 2.30. The van der Waals surface area contributed by atoms with E-state index >= 15 is 0 Å². The van der Waals surface area contributed by atoms with Crippen LogP contribution in [0.4, 0.5) is 13.2 Å². The molecule has 0 amide bonds. The van der Waals surface area contributed by atoms with Crippen molar-refractivity contribution in [1.29, 1.82) is 0 Å². The normalized spacial score (nSPS) is 10.6. The molecule has 0 fully saturated rings. The maximum Gasteiger partial charge on any atom is 0.417 e. The molecule has 0 saturated carbocycles. The van der Waals surface area contributed by atoms with Gasteiger partial charge in [-0.2, -0.15) is 13.2 Å². The monoisotopic (exact) mass is 241 g/mol. The number of Topliss-reactive ketones (excluding diaryl/α,β-unsaturated/α-hetero) is 1. The number of carbonyl (C=O) groups is 1. The third-order valence-electron chi connectivity index (χ3n) is 2.03. The van der Waals surface area contributed by atoms with Crippen molar-refractivity contribution < 1.29 is 18.0 Å². The number of nitrogens with zero attached hydrogens (tertiary/aromatic N) is 1. The van der Waals surface area contributed by atoms with Gasteiger partial charge in [0.25, 0.3) is 0 Å². The summed E-state index contributed by atoms with van der Waals surface area (Å²) < 4.78 is 36.7. The largest absolute Gasteiger partial charge is 0.417 e. The average molecular weight is 241 g/mol. The van der Waals surface area contributed by atoms with Crippen LogP contribution in [0.15, 0.2) is 18.3 Å². The van der Waals surface area contributed by atoms with Crippen molar-refractivity contribution in [1.82, 2.24) is 4.98 Å². The standard InChI is InChI=1S/C12H10F3NO/c1-2-3-4-5-11(17)10-7-6-9(8-16-10)12(13,14)15/h6-8H,4-5H2,1H3. The predicted octanol–water partition coefficient (Wildman–Crippen LogP) is 3.09. The van der Waals surface area contributed by atoms with Crippen molar-refractivity contribution in [3.63, 3.8) is 0 Å². The van der Waals surface area contributed by atoms with Crippen molar-refractivity contribution in [3.8, 4) is 11.8 Å². The van der Waals surface area contributed by atoms with E-state index in [1.165, 1.54) is 0 Å². The summed E-state index contributed by atoms with van der Waals surface area (Å²) in [6.07, 6.45) is -3.21. The van der Waals surface area contributed by atoms with E-state index in [1.54, 1.807) is 6.92 Å². The van der Waals surface area contributed by atoms with Gasteiger partial charge in [0.1, 0.15) is 5.69 Å². The molecule has 0 aromatic carbocycles. The van der Waals surface area contributed by atoms with E-state index in [0.29, 0.717) is 12.6 Å². The van der Waals surface area contributed by atoms with Gasteiger partial charge in [0.2, 0.25) is 0 Å². The van der Waals surface area contributed by atoms with Crippen LogP contribution >= 0.6 is 0 Å². The maximum atomic E-state index is 12.2. The van der Waals surface area contributed by atoms with E-state index in [1.807, 2.05) is 0 Å². The van der Waals surface area contributed by atoms with Gasteiger partial charge in [0.05, 0.1) is 5.56 Å². The van der Waals surface area contributed by atoms with Crippen LogP contribution in [0.5, 0.6) is 0 Å². The van der Waals surface area contributed by atoms with E-state index in [-0.39, 0.29) is 17.9 Å². The van der Waals surface area contributed by atoms with Gasteiger partial charge in [-0.3, -0.25) is 9.78 Å². The van der Waals surface area contributed by atoms with Crippen molar-refractivity contribution >= 4 is 5.78 Å². The van der Waals surface area contributed by atoms with Gasteiger partial charge in [-0.15, -0.1) is 11.8 Å². The van der Waals surface area contributed by atoms with Crippen LogP contribution in [0.25, 0.3) is 0 Å². The Bertz CT molecular complexity index is 451. The molecule has 0 radical (unpaired) electrons. The van der Waals surface area contributed by atoms with E-state index < -0.39 is 11.7 Å². The summed E-state index contributed by atoms with van der Waals surface area (Å²) in [6, 6.07) is 1.94. The molecular weight excluding hydrogens is 231 g/mol. The summed E-state index contributed by atoms with van der Waals surface area (Å²) >= 11 is 0. The zero-order valence-corrected chi connectivity index (χ0v) is 9.14. The summed E-state index contributed by atoms with van der Waals surface area (Å²) in [6.45, 7) is 1.65. The second-order valence-corrected chi connectivity index (χ2v) is 3.28. The van der Waals surface area contributed by atoms with E-state index in [2.05, 4.69) is 16.8 Å². The first-order valence-electron chi connectivity index (χ1n) is 4.91. The first-order valence-corrected chi connectivity index (χ1v) is 4.91. The lowest BCUT2D eigenvalue weighted by atomic mass is 10.1. The Kier molecular flexibility index (Phi) is 4.27. The molecule has 0 aliphatic rings. The molecule has 0 spiro atoms. The van der Waals surface area contributed by atoms with E-state index in [0.717, 1.165) is 12.1 Å². The number of alkyl halides is 3. The molecule has 1 aromatic rings. The molecule has 0 bridgehead atoms. The minimum Gasteiger partial charge on any atom is -0.292 e. The molecule has 0 saturated heterocycles. The summed E-state index contributed by atoms with van der Waals surface area (Å²) in [5.41, 5.74) is -0.821. The summed E-state index contributed by atoms with van der Waals surface area (Å²) in [4.78, 5) is 15.0. The van der Waals surface area contributed by atoms with Crippen molar-refractivity contribution in [3.05, 3.63) is 29.6 Å². The van der Waals surface area contributed by atoms with E-state index in [9.17, 15) is 18.0 Å². The molecule has 0 unspecified atom stereocenters. The van der Waals surface area contributed by atoms with Gasteiger partial charge in [-0.1, -0.05) is 0 Å². The quantitative estimate of drug-likeness (QED) is 0.601. The van der Waals surface area contributed by atoms with Gasteiger partial charge in [-0.25, -0.2) is 0 Å². The molecule has 0 atom stereocenters. The van der Waals surface area contributed by atoms with Crippen LogP contribution in [-0.2, 0) is 6.18 Å². The van der Waals surface area contributed by atoms with Crippen LogP contribution in [0.1, 0.15) is 35.8 Å². The Labute approximate surface area is 96.9 Å². The van der Waals surface area contributed by atoms with Gasteiger partial charge >= 0.3 is 6.18 Å². The molecule has 1 aromatic heterocycles. The lowest BCUT2D eigenvalue weighted by Gasteiger charge is -2.05. The van der Waals surface area contributed by atoms with Crippen LogP contribution in [0.3, 0.4) is 0 Å². The molecule has 2 nitrogen and oxygen atoms in total. The van der Waals surface area contributed by atoms with Gasteiger partial charge in [0, 0.05) is 19.0 Å². The minimum atomic E-state index is -4.43. The molecule has 5 heteroatoms. The summed E-state index contributed by atoms with van der Waals surface area (Å²) in [7, 11) is 0. The first kappa shape index (κ1) is 13.2. The molecular formula is C12H10F3NO. The molecule has 1 heterocycles. The zero-order valence-electron chi connectivity index (χ0n) is 9.14. The molecule has 90 valence electrons. The smallest absolute Gasteiger partial charge is 0.292 e. The van der Waals surface area contributed by atoms with Crippen molar-refractivity contribution in [2.24, 2.45) is 0 Å². The highest BCUT2D eigenvalue weighted by molar-refractivity contribution is 5.94. The molecule has 0 aliphatic carbocycles. The molecule has 1 rings (SSSR count). The van der Waals surface area contributed by atoms with Gasteiger partial charge in [0.15, 0.2) is 5.78 Å². The fraction of sp³-hybridized carbons (Fsp3) is 0.333. The molecule has 17 heavy (non-hydrogen) atoms. The van der Waals surface area contributed by atoms with E-state index in [4.69, 9.17) is 0 Å². The van der Waals surface area contributed by atoms with Crippen LogP contribution in [0.2, 0.25) is 0 Å². The first-order chi connectivity index (χ1) is 7.95. The van der Waals surface area contributed by atoms with Crippen molar-refractivity contribution in [2.75, 3.05) is 0 Å². The lowest BCUT2D eigenvalue weighted by Crippen LogP contribution is -2.08. The second-order valence-electron chi connectivity index (χ2n) is 3.28. The average Bonchev–Trinajstić information content (AvgIpc) is 2.28. The van der Waals surface area contributed by atoms with Crippen LogP contribution < -0.4 is 0 Å². The topological polar surface area (TPSA) is 30.0 Å². The number of hydrogen-bond donors (Lipinski definition) is 0. The lowest BCUT2D eigenvalue weighted by molar-refractivity contribution is -0.137. The van der Waals surface area contributed by atoms with Crippen molar-refractivity contribution in [2.45, 2.75) is 25.9 Å². The second kappa shape index (κ2) is 5.48. The number of pyridine rings is 1. The summed E-state index contributed by atoms with van der Waals surface area (Å²) in [5, 5.41) is 0. The Morgan fingerprint density at radius 1 is 1.41 bits per heavy atom. The Morgan fingerprint density at radius 3 is 2.59 bits per heavy atom. The third-order valence-corrected chi connectivity index (χ3v) is 2.03. The molecule has 0 N–H and O–H groups in total. The highest BCUT2D eigenvalue weighted by Crippen LogP contribution is 2.28. The zero-order chi connectivity index (χ0) is 12.9. The number of carbonyl (C=O) groups excluding carboxylic acids is 1. The SMILES string of the molecule is CC#CCCC(=O)c1ccc(C(F)(F)F)cn1. The van der Waals surface area contributed by atoms with Crippen LogP contribution in [0, 0.1) is 11.8 Å². The third kappa shape index (κ3) is 3.91. The number of ketones is 1. The minimum absolute atomic E-state index is 0.0379. The molecule has 0 aliphatic heterocycles. The summed E-state index contributed by atoms with van der Waals surface area (Å²) in [5.74, 6) is 5.03. The Hall–Kier alpha value is -1.83. The number of hydrogen-bond acceptors (Lipinski definition) is 2. The fourth-order valence-corrected chi connectivity index (χ4v) is 1.16. The highest BCUT2D eigenvalue weighted by atomic mass is 19.4. The number of aromatic nitrogens is 1. The fourth-order valence-electron chi connectivity index (χ4n) is 1.16. The Morgan fingerprint density at radius 2 is 2.12 bits per heavy atom. The van der Waals surface area contributed by atoms with Gasteiger partial charge < -0.3 is 0 Å².